The predicted octanol–water partition coefficient (Wildman–Crippen LogP) is 5.43. The van der Waals surface area contributed by atoms with Crippen molar-refractivity contribution in [1.82, 2.24) is 0 Å². The summed E-state index contributed by atoms with van der Waals surface area (Å²) in [4.78, 5) is 22.5. The molecule has 1 aromatic carbocycles. The van der Waals surface area contributed by atoms with Gasteiger partial charge in [-0.3, -0.25) is 4.79 Å². The number of rotatable bonds is 13. The molecule has 0 bridgehead atoms. The molecule has 0 aliphatic carbocycles. The van der Waals surface area contributed by atoms with Crippen LogP contribution in [0.2, 0.25) is 0 Å². The molecule has 0 unspecified atom stereocenters. The number of Topliss-reactive ketones (excluding diaryl/α,β-unsaturated/α-hetero) is 1. The highest BCUT2D eigenvalue weighted by Crippen LogP contribution is 2.18. The van der Waals surface area contributed by atoms with Crippen molar-refractivity contribution in [3.63, 3.8) is 0 Å². The first-order valence-electron chi connectivity index (χ1n) is 9.58. The summed E-state index contributed by atoms with van der Waals surface area (Å²) in [7, 11) is 0. The minimum atomic E-state index is -0.251. The summed E-state index contributed by atoms with van der Waals surface area (Å²) < 4.78 is 10.8. The van der Waals surface area contributed by atoms with Gasteiger partial charge in [-0.2, -0.15) is 0 Å². The van der Waals surface area contributed by atoms with Gasteiger partial charge in [0.2, 0.25) is 0 Å². The molecule has 0 heterocycles. The number of hydrogen-bond acceptors (Lipinski definition) is 4. The number of unbranched alkanes of at least 4 members (excludes halogenated alkanes) is 6. The quantitative estimate of drug-likeness (QED) is 0.204. The smallest absolute Gasteiger partial charge is 0.330 e. The third kappa shape index (κ3) is 9.40. The highest BCUT2D eigenvalue weighted by molar-refractivity contribution is 5.95. The van der Waals surface area contributed by atoms with E-state index in [0.717, 1.165) is 42.6 Å². The van der Waals surface area contributed by atoms with Gasteiger partial charge in [-0.25, -0.2) is 4.79 Å². The van der Waals surface area contributed by atoms with Crippen LogP contribution >= 0.6 is 0 Å². The Balaban J connectivity index is 1.99. The van der Waals surface area contributed by atoms with Gasteiger partial charge >= 0.3 is 5.97 Å². The molecular formula is C22H32O4. The first-order chi connectivity index (χ1) is 12.5. The summed E-state index contributed by atoms with van der Waals surface area (Å²) >= 11 is 0. The fourth-order valence-electron chi connectivity index (χ4n) is 2.76. The van der Waals surface area contributed by atoms with Crippen LogP contribution in [0, 0.1) is 6.92 Å². The summed E-state index contributed by atoms with van der Waals surface area (Å²) in [5.74, 6) is 0.670. The zero-order valence-corrected chi connectivity index (χ0v) is 16.4. The van der Waals surface area contributed by atoms with Crippen LogP contribution < -0.4 is 4.74 Å². The van der Waals surface area contributed by atoms with E-state index in [0.29, 0.717) is 13.2 Å². The molecule has 4 heteroatoms. The van der Waals surface area contributed by atoms with Crippen LogP contribution in [0.25, 0.3) is 0 Å². The number of hydrogen-bond donors (Lipinski definition) is 0. The molecule has 1 aromatic rings. The average molecular weight is 360 g/mol. The Hall–Kier alpha value is -2.10. The fourth-order valence-corrected chi connectivity index (χ4v) is 2.76. The third-order valence-corrected chi connectivity index (χ3v) is 4.18. The van der Waals surface area contributed by atoms with E-state index in [1.54, 1.807) is 19.9 Å². The van der Waals surface area contributed by atoms with Gasteiger partial charge in [0, 0.05) is 11.6 Å². The topological polar surface area (TPSA) is 52.6 Å². The minimum Gasteiger partial charge on any atom is -0.494 e. The largest absolute Gasteiger partial charge is 0.494 e. The molecule has 0 aliphatic rings. The van der Waals surface area contributed by atoms with Gasteiger partial charge in [-0.15, -0.1) is 0 Å². The van der Waals surface area contributed by atoms with E-state index in [2.05, 4.69) is 0 Å². The maximum Gasteiger partial charge on any atom is 0.330 e. The summed E-state index contributed by atoms with van der Waals surface area (Å²) in [6, 6.07) is 5.63. The molecule has 0 fully saturated rings. The van der Waals surface area contributed by atoms with Crippen LogP contribution in [0.1, 0.15) is 74.7 Å². The van der Waals surface area contributed by atoms with Gasteiger partial charge in [0.25, 0.3) is 0 Å². The molecule has 144 valence electrons. The number of allylic oxidation sites excluding steroid dienone is 1. The molecule has 26 heavy (non-hydrogen) atoms. The van der Waals surface area contributed by atoms with Gasteiger partial charge in [-0.05, 0) is 57.4 Å². The third-order valence-electron chi connectivity index (χ3n) is 4.18. The lowest BCUT2D eigenvalue weighted by Crippen LogP contribution is -2.02. The summed E-state index contributed by atoms with van der Waals surface area (Å²) in [6.45, 7) is 6.54. The predicted molar refractivity (Wildman–Crippen MR) is 105 cm³/mol. The number of ketones is 1. The molecule has 0 spiro atoms. The van der Waals surface area contributed by atoms with Crippen molar-refractivity contribution in [2.24, 2.45) is 0 Å². The molecule has 0 saturated heterocycles. The van der Waals surface area contributed by atoms with E-state index >= 15 is 0 Å². The lowest BCUT2D eigenvalue weighted by molar-refractivity contribution is -0.137. The Morgan fingerprint density at radius 2 is 1.58 bits per heavy atom. The van der Waals surface area contributed by atoms with Crippen molar-refractivity contribution in [2.75, 3.05) is 13.2 Å². The molecule has 0 amide bonds. The first kappa shape index (κ1) is 21.9. The lowest BCUT2D eigenvalue weighted by Gasteiger charge is -2.09. The Kier molecular flexibility index (Phi) is 11.1. The molecule has 1 rings (SSSR count). The Morgan fingerprint density at radius 3 is 2.15 bits per heavy atom. The number of aryl methyl sites for hydroxylation is 1. The van der Waals surface area contributed by atoms with E-state index in [1.807, 2.05) is 25.1 Å². The summed E-state index contributed by atoms with van der Waals surface area (Å²) in [5, 5.41) is 0. The van der Waals surface area contributed by atoms with Crippen LogP contribution in [0.15, 0.2) is 30.4 Å². The number of carbonyl (C=O) groups excluding carboxylic acids is 2. The van der Waals surface area contributed by atoms with Crippen LogP contribution in [0.5, 0.6) is 5.75 Å². The van der Waals surface area contributed by atoms with Crippen LogP contribution in [-0.4, -0.2) is 25.0 Å². The summed E-state index contributed by atoms with van der Waals surface area (Å²) in [5.41, 5.74) is 1.72. The van der Waals surface area contributed by atoms with E-state index in [-0.39, 0.29) is 11.8 Å². The molecule has 0 saturated carbocycles. The van der Waals surface area contributed by atoms with Crippen molar-refractivity contribution in [1.29, 1.82) is 0 Å². The second-order valence-electron chi connectivity index (χ2n) is 6.52. The van der Waals surface area contributed by atoms with Crippen LogP contribution in [-0.2, 0) is 9.53 Å². The molecule has 0 atom stereocenters. The van der Waals surface area contributed by atoms with Gasteiger partial charge < -0.3 is 9.47 Å². The fraction of sp³-hybridized carbons (Fsp3) is 0.545. The second kappa shape index (κ2) is 13.2. The normalized spacial score (nSPS) is 10.9. The maximum absolute atomic E-state index is 11.4. The van der Waals surface area contributed by atoms with Crippen molar-refractivity contribution in [3.8, 4) is 5.75 Å². The van der Waals surface area contributed by atoms with Crippen LogP contribution in [0.4, 0.5) is 0 Å². The Morgan fingerprint density at radius 1 is 0.962 bits per heavy atom. The molecule has 0 N–H and O–H groups in total. The standard InChI is InChI=1S/C22H32O4/c1-4-12-22(24)26-16-11-9-7-5-6-8-10-15-25-20-13-14-21(19(3)23)18(2)17-20/h4,12-14,17H,5-11,15-16H2,1-3H3/b12-4-. The van der Waals surface area contributed by atoms with Gasteiger partial charge in [0.15, 0.2) is 5.78 Å². The number of benzene rings is 1. The zero-order valence-electron chi connectivity index (χ0n) is 16.4. The lowest BCUT2D eigenvalue weighted by atomic mass is 10.1. The molecular weight excluding hydrogens is 328 g/mol. The van der Waals surface area contributed by atoms with E-state index in [1.165, 1.54) is 25.3 Å². The zero-order chi connectivity index (χ0) is 19.2. The molecule has 4 nitrogen and oxygen atoms in total. The highest BCUT2D eigenvalue weighted by Gasteiger charge is 2.05. The van der Waals surface area contributed by atoms with Gasteiger partial charge in [0.1, 0.15) is 5.75 Å². The SMILES string of the molecule is C/C=C\C(=O)OCCCCCCCCCOc1ccc(C(C)=O)c(C)c1. The van der Waals surface area contributed by atoms with E-state index in [9.17, 15) is 9.59 Å². The van der Waals surface area contributed by atoms with Gasteiger partial charge in [-0.1, -0.05) is 38.2 Å². The van der Waals surface area contributed by atoms with Crippen molar-refractivity contribution < 1.29 is 19.1 Å². The summed E-state index contributed by atoms with van der Waals surface area (Å²) in [6.07, 6.45) is 10.9. The minimum absolute atomic E-state index is 0.0880. The maximum atomic E-state index is 11.4. The van der Waals surface area contributed by atoms with Crippen molar-refractivity contribution in [2.45, 2.75) is 65.7 Å². The second-order valence-corrected chi connectivity index (χ2v) is 6.52. The van der Waals surface area contributed by atoms with Crippen LogP contribution in [0.3, 0.4) is 0 Å². The molecule has 0 radical (unpaired) electrons. The highest BCUT2D eigenvalue weighted by atomic mass is 16.5. The van der Waals surface area contributed by atoms with E-state index in [4.69, 9.17) is 9.47 Å². The molecule has 0 aromatic heterocycles. The van der Waals surface area contributed by atoms with Crippen molar-refractivity contribution in [3.05, 3.63) is 41.5 Å². The Labute approximate surface area is 157 Å². The monoisotopic (exact) mass is 360 g/mol. The number of carbonyl (C=O) groups is 2. The number of ether oxygens (including phenoxy) is 2. The molecule has 0 aliphatic heterocycles. The van der Waals surface area contributed by atoms with E-state index < -0.39 is 0 Å². The first-order valence-corrected chi connectivity index (χ1v) is 9.58. The average Bonchev–Trinajstić information content (AvgIpc) is 2.59. The van der Waals surface area contributed by atoms with Crippen molar-refractivity contribution >= 4 is 11.8 Å². The Bertz CT molecular complexity index is 590. The van der Waals surface area contributed by atoms with Gasteiger partial charge in [0.05, 0.1) is 13.2 Å². The number of esters is 1.